The van der Waals surface area contributed by atoms with Crippen molar-refractivity contribution in [1.29, 1.82) is 0 Å². The lowest BCUT2D eigenvalue weighted by atomic mass is 9.92. The quantitative estimate of drug-likeness (QED) is 0.564. The minimum absolute atomic E-state index is 0.0572. The Kier molecular flexibility index (Phi) is 5.49. The molecule has 1 aromatic carbocycles. The first kappa shape index (κ1) is 19.1. The van der Waals surface area contributed by atoms with Crippen LogP contribution in [0.15, 0.2) is 30.3 Å². The number of hydrogen-bond donors (Lipinski definition) is 0. The second-order valence-corrected chi connectivity index (χ2v) is 7.90. The molecule has 4 nitrogen and oxygen atoms in total. The van der Waals surface area contributed by atoms with E-state index in [9.17, 15) is 9.18 Å². The molecule has 0 amide bonds. The van der Waals surface area contributed by atoms with Crippen LogP contribution in [-0.4, -0.2) is 36.6 Å². The molecular formula is C22H24BFN2O2. The lowest BCUT2D eigenvalue weighted by Crippen LogP contribution is -2.30. The minimum atomic E-state index is -0.402. The van der Waals surface area contributed by atoms with Gasteiger partial charge in [0, 0.05) is 34.7 Å². The van der Waals surface area contributed by atoms with Gasteiger partial charge in [-0.25, -0.2) is 9.37 Å². The molecule has 0 spiro atoms. The number of ketones is 1. The van der Waals surface area contributed by atoms with Crippen molar-refractivity contribution in [3.05, 3.63) is 58.5 Å². The second-order valence-electron chi connectivity index (χ2n) is 7.90. The Labute approximate surface area is 166 Å². The number of aryl methyl sites for hydroxylation is 1. The molecule has 2 aromatic rings. The summed E-state index contributed by atoms with van der Waals surface area (Å²) in [6.45, 7) is 3.64. The van der Waals surface area contributed by atoms with Crippen LogP contribution in [0.4, 0.5) is 4.39 Å². The SMILES string of the molecule is [B]N1CCC(c2cccc(OCc3cc(C)c(C(=O)C4CC4)cc3F)n2)CC1. The van der Waals surface area contributed by atoms with E-state index in [1.807, 2.05) is 23.9 Å². The highest BCUT2D eigenvalue weighted by atomic mass is 19.1. The van der Waals surface area contributed by atoms with Crippen LogP contribution in [0.3, 0.4) is 0 Å². The third-order valence-corrected chi connectivity index (χ3v) is 5.68. The lowest BCUT2D eigenvalue weighted by molar-refractivity contribution is 0.0966. The number of halogens is 1. The fourth-order valence-corrected chi connectivity index (χ4v) is 3.77. The number of pyridine rings is 1. The molecule has 0 N–H and O–H groups in total. The number of benzene rings is 1. The minimum Gasteiger partial charge on any atom is -0.473 e. The molecule has 144 valence electrons. The highest BCUT2D eigenvalue weighted by Gasteiger charge is 2.31. The highest BCUT2D eigenvalue weighted by Crippen LogP contribution is 2.34. The summed E-state index contributed by atoms with van der Waals surface area (Å²) < 4.78 is 20.3. The van der Waals surface area contributed by atoms with E-state index in [2.05, 4.69) is 4.98 Å². The smallest absolute Gasteiger partial charge is 0.213 e. The molecule has 0 bridgehead atoms. The molecule has 1 aromatic heterocycles. The average Bonchev–Trinajstić information content (AvgIpc) is 3.54. The normalized spacial score (nSPS) is 18.2. The lowest BCUT2D eigenvalue weighted by Gasteiger charge is -2.29. The van der Waals surface area contributed by atoms with Gasteiger partial charge in [0.25, 0.3) is 0 Å². The van der Waals surface area contributed by atoms with E-state index >= 15 is 0 Å². The monoisotopic (exact) mass is 378 g/mol. The van der Waals surface area contributed by atoms with Gasteiger partial charge in [-0.1, -0.05) is 6.07 Å². The Morgan fingerprint density at radius 2 is 2.00 bits per heavy atom. The van der Waals surface area contributed by atoms with Gasteiger partial charge < -0.3 is 9.55 Å². The van der Waals surface area contributed by atoms with Gasteiger partial charge in [0.05, 0.1) is 0 Å². The van der Waals surface area contributed by atoms with E-state index in [4.69, 9.17) is 12.7 Å². The molecule has 1 saturated heterocycles. The third kappa shape index (κ3) is 4.27. The van der Waals surface area contributed by atoms with Gasteiger partial charge in [-0.05, 0) is 69.5 Å². The summed E-state index contributed by atoms with van der Waals surface area (Å²) in [6, 6.07) is 8.79. The Bertz CT molecular complexity index is 877. The Balaban J connectivity index is 1.43. The summed E-state index contributed by atoms with van der Waals surface area (Å²) in [5.41, 5.74) is 2.73. The molecule has 1 saturated carbocycles. The van der Waals surface area contributed by atoms with Crippen LogP contribution in [0.5, 0.6) is 5.88 Å². The highest BCUT2D eigenvalue weighted by molar-refractivity contribution is 6.04. The van der Waals surface area contributed by atoms with Crippen LogP contribution in [0.25, 0.3) is 0 Å². The second kappa shape index (κ2) is 8.04. The van der Waals surface area contributed by atoms with Crippen molar-refractivity contribution < 1.29 is 13.9 Å². The fraction of sp³-hybridized carbons (Fsp3) is 0.455. The van der Waals surface area contributed by atoms with Crippen LogP contribution in [0.2, 0.25) is 0 Å². The molecule has 0 unspecified atom stereocenters. The molecule has 2 aliphatic rings. The Morgan fingerprint density at radius 1 is 1.25 bits per heavy atom. The van der Waals surface area contributed by atoms with Crippen molar-refractivity contribution in [3.63, 3.8) is 0 Å². The summed E-state index contributed by atoms with van der Waals surface area (Å²) in [6.07, 6.45) is 3.77. The number of aromatic nitrogens is 1. The topological polar surface area (TPSA) is 42.4 Å². The summed E-state index contributed by atoms with van der Waals surface area (Å²) in [5.74, 6) is 0.596. The van der Waals surface area contributed by atoms with Gasteiger partial charge in [-0.2, -0.15) is 0 Å². The first-order valence-corrected chi connectivity index (χ1v) is 9.94. The molecular weight excluding hydrogens is 354 g/mol. The predicted octanol–water partition coefficient (Wildman–Crippen LogP) is 3.96. The van der Waals surface area contributed by atoms with Gasteiger partial charge in [0.15, 0.2) is 13.8 Å². The van der Waals surface area contributed by atoms with Crippen molar-refractivity contribution in [3.8, 4) is 5.88 Å². The maximum atomic E-state index is 14.5. The maximum Gasteiger partial charge on any atom is 0.213 e. The summed E-state index contributed by atoms with van der Waals surface area (Å²) in [7, 11) is 5.82. The van der Waals surface area contributed by atoms with E-state index in [-0.39, 0.29) is 18.3 Å². The molecule has 0 atom stereocenters. The standard InChI is InChI=1S/C22H24BFN2O2/c1-14-11-17(19(24)12-18(14)22(27)16-5-6-16)13-28-21-4-2-3-20(25-21)15-7-9-26(23)10-8-15/h2-4,11-12,15-16H,5-10,13H2,1H3. The molecule has 2 radical (unpaired) electrons. The summed E-state index contributed by atoms with van der Waals surface area (Å²) >= 11 is 0. The first-order chi connectivity index (χ1) is 13.5. The number of rotatable bonds is 6. The Morgan fingerprint density at radius 3 is 2.71 bits per heavy atom. The van der Waals surface area contributed by atoms with Gasteiger partial charge in [-0.15, -0.1) is 0 Å². The molecule has 4 rings (SSSR count). The van der Waals surface area contributed by atoms with Crippen molar-refractivity contribution >= 4 is 13.8 Å². The van der Waals surface area contributed by atoms with Crippen LogP contribution in [-0.2, 0) is 6.61 Å². The number of hydrogen-bond acceptors (Lipinski definition) is 4. The number of piperidine rings is 1. The van der Waals surface area contributed by atoms with Crippen molar-refractivity contribution in [2.24, 2.45) is 5.92 Å². The van der Waals surface area contributed by atoms with E-state index in [0.717, 1.165) is 50.0 Å². The first-order valence-electron chi connectivity index (χ1n) is 9.94. The molecule has 1 aliphatic carbocycles. The molecule has 1 aliphatic heterocycles. The Hall–Kier alpha value is -2.21. The zero-order chi connectivity index (χ0) is 19.7. The number of Topliss-reactive ketones (excluding diaryl/α,β-unsaturated/α-hetero) is 1. The number of nitrogens with zero attached hydrogens (tertiary/aromatic N) is 2. The zero-order valence-electron chi connectivity index (χ0n) is 16.2. The van der Waals surface area contributed by atoms with Crippen LogP contribution in [0.1, 0.15) is 58.8 Å². The van der Waals surface area contributed by atoms with Crippen LogP contribution < -0.4 is 4.74 Å². The van der Waals surface area contributed by atoms with E-state index in [1.165, 1.54) is 6.07 Å². The predicted molar refractivity (Wildman–Crippen MR) is 106 cm³/mol. The fourth-order valence-electron chi connectivity index (χ4n) is 3.77. The average molecular weight is 378 g/mol. The summed E-state index contributed by atoms with van der Waals surface area (Å²) in [4.78, 5) is 18.7. The molecule has 6 heteroatoms. The van der Waals surface area contributed by atoms with Crippen molar-refractivity contribution in [2.45, 2.75) is 45.1 Å². The van der Waals surface area contributed by atoms with Gasteiger partial charge in [-0.3, -0.25) is 4.79 Å². The summed E-state index contributed by atoms with van der Waals surface area (Å²) in [5, 5.41) is 0. The molecule has 28 heavy (non-hydrogen) atoms. The number of carbonyl (C=O) groups excluding carboxylic acids is 1. The van der Waals surface area contributed by atoms with Gasteiger partial charge in [0.2, 0.25) is 5.88 Å². The van der Waals surface area contributed by atoms with Gasteiger partial charge in [0.1, 0.15) is 12.4 Å². The largest absolute Gasteiger partial charge is 0.473 e. The van der Waals surface area contributed by atoms with Crippen LogP contribution in [0, 0.1) is 18.7 Å². The third-order valence-electron chi connectivity index (χ3n) is 5.68. The van der Waals surface area contributed by atoms with Crippen molar-refractivity contribution in [1.82, 2.24) is 9.79 Å². The van der Waals surface area contributed by atoms with Gasteiger partial charge >= 0.3 is 0 Å². The zero-order valence-corrected chi connectivity index (χ0v) is 16.2. The van der Waals surface area contributed by atoms with E-state index in [0.29, 0.717) is 22.9 Å². The van der Waals surface area contributed by atoms with E-state index in [1.54, 1.807) is 12.1 Å². The molecule has 2 heterocycles. The number of ether oxygens (including phenoxy) is 1. The number of carbonyl (C=O) groups is 1. The van der Waals surface area contributed by atoms with Crippen LogP contribution >= 0.6 is 0 Å². The van der Waals surface area contributed by atoms with E-state index < -0.39 is 5.82 Å². The van der Waals surface area contributed by atoms with Crippen molar-refractivity contribution in [2.75, 3.05) is 13.1 Å². The molecule has 2 fully saturated rings. The maximum absolute atomic E-state index is 14.5.